The maximum atomic E-state index is 12.0. The molecule has 2 aliphatic carbocycles. The average Bonchev–Trinajstić information content (AvgIpc) is 2.98. The van der Waals surface area contributed by atoms with Gasteiger partial charge in [0.05, 0.1) is 12.5 Å². The normalized spacial score (nSPS) is 32.7. The molecule has 2 N–H and O–H groups in total. The molecule has 2 fully saturated rings. The first kappa shape index (κ1) is 14.8. The van der Waals surface area contributed by atoms with E-state index in [1.165, 1.54) is 6.42 Å². The highest BCUT2D eigenvalue weighted by Gasteiger charge is 2.49. The van der Waals surface area contributed by atoms with Crippen LogP contribution in [0.4, 0.5) is 0 Å². The Labute approximate surface area is 114 Å². The Balaban J connectivity index is 1.57. The minimum atomic E-state index is -0.125. The van der Waals surface area contributed by atoms with Crippen LogP contribution in [-0.2, 0) is 19.0 Å². The maximum absolute atomic E-state index is 12.0. The van der Waals surface area contributed by atoms with E-state index in [2.05, 4.69) is 0 Å². The van der Waals surface area contributed by atoms with Crippen molar-refractivity contribution in [2.45, 2.75) is 31.7 Å². The first-order valence-electron chi connectivity index (χ1n) is 7.23. The summed E-state index contributed by atoms with van der Waals surface area (Å²) in [5.74, 6) is 0.787. The Morgan fingerprint density at radius 2 is 1.95 bits per heavy atom. The summed E-state index contributed by atoms with van der Waals surface area (Å²) in [6, 6.07) is 0.00821. The minimum absolute atomic E-state index is 0.00821. The maximum Gasteiger partial charge on any atom is 0.310 e. The van der Waals surface area contributed by atoms with Gasteiger partial charge in [-0.15, -0.1) is 0 Å². The predicted molar refractivity (Wildman–Crippen MR) is 70.6 cm³/mol. The van der Waals surface area contributed by atoms with Crippen molar-refractivity contribution < 1.29 is 19.0 Å². The van der Waals surface area contributed by atoms with Crippen molar-refractivity contribution >= 4 is 5.97 Å². The van der Waals surface area contributed by atoms with Gasteiger partial charge in [0.15, 0.2) is 0 Å². The number of hydrogen-bond acceptors (Lipinski definition) is 5. The Morgan fingerprint density at radius 1 is 1.16 bits per heavy atom. The summed E-state index contributed by atoms with van der Waals surface area (Å²) in [5, 5.41) is 0. The number of esters is 1. The van der Waals surface area contributed by atoms with Gasteiger partial charge < -0.3 is 19.9 Å². The van der Waals surface area contributed by atoms with Crippen LogP contribution in [0.25, 0.3) is 0 Å². The van der Waals surface area contributed by atoms with E-state index in [4.69, 9.17) is 19.9 Å². The van der Waals surface area contributed by atoms with E-state index in [-0.39, 0.29) is 17.9 Å². The lowest BCUT2D eigenvalue weighted by molar-refractivity contribution is -0.152. The molecule has 2 aliphatic rings. The van der Waals surface area contributed by atoms with Gasteiger partial charge in [-0.1, -0.05) is 0 Å². The van der Waals surface area contributed by atoms with Crippen LogP contribution in [0.3, 0.4) is 0 Å². The molecule has 2 bridgehead atoms. The van der Waals surface area contributed by atoms with Gasteiger partial charge in [-0.25, -0.2) is 0 Å². The molecule has 4 atom stereocenters. The third-order valence-corrected chi connectivity index (χ3v) is 4.36. The molecule has 2 rings (SSSR count). The number of hydrogen-bond donors (Lipinski definition) is 1. The second-order valence-electron chi connectivity index (χ2n) is 5.56. The molecule has 0 radical (unpaired) electrons. The van der Waals surface area contributed by atoms with E-state index in [9.17, 15) is 4.79 Å². The lowest BCUT2D eigenvalue weighted by atomic mass is 9.85. The molecule has 0 amide bonds. The molecule has 0 saturated heterocycles. The summed E-state index contributed by atoms with van der Waals surface area (Å²) in [6.45, 7) is 2.11. The summed E-state index contributed by atoms with van der Waals surface area (Å²) >= 11 is 0. The zero-order valence-corrected chi connectivity index (χ0v) is 11.7. The Kier molecular flexibility index (Phi) is 5.60. The highest BCUT2D eigenvalue weighted by Crippen LogP contribution is 2.47. The molecule has 4 unspecified atom stereocenters. The first-order chi connectivity index (χ1) is 9.24. The van der Waals surface area contributed by atoms with Crippen molar-refractivity contribution in [3.63, 3.8) is 0 Å². The molecule has 0 aromatic heterocycles. The highest BCUT2D eigenvalue weighted by molar-refractivity contribution is 5.74. The van der Waals surface area contributed by atoms with E-state index >= 15 is 0 Å². The van der Waals surface area contributed by atoms with Gasteiger partial charge in [0.2, 0.25) is 0 Å². The van der Waals surface area contributed by atoms with Gasteiger partial charge >= 0.3 is 5.97 Å². The molecule has 0 aromatic rings. The first-order valence-corrected chi connectivity index (χ1v) is 7.23. The van der Waals surface area contributed by atoms with Gasteiger partial charge in [-0.05, 0) is 37.5 Å². The van der Waals surface area contributed by atoms with Crippen molar-refractivity contribution in [3.8, 4) is 0 Å². The molecular weight excluding hydrogens is 246 g/mol. The summed E-state index contributed by atoms with van der Waals surface area (Å²) in [4.78, 5) is 12.0. The molecule has 0 heterocycles. The van der Waals surface area contributed by atoms with Gasteiger partial charge in [0.25, 0.3) is 0 Å². The minimum Gasteiger partial charge on any atom is -0.463 e. The number of fused-ring (bicyclic) bond motifs is 2. The second kappa shape index (κ2) is 7.22. The van der Waals surface area contributed by atoms with E-state index in [0.29, 0.717) is 38.3 Å². The van der Waals surface area contributed by atoms with Crippen LogP contribution in [0.15, 0.2) is 0 Å². The fraction of sp³-hybridized carbons (Fsp3) is 0.929. The van der Waals surface area contributed by atoms with Crippen LogP contribution in [-0.4, -0.2) is 45.5 Å². The molecule has 0 spiro atoms. The number of methoxy groups -OCH3 is 1. The Morgan fingerprint density at radius 3 is 2.63 bits per heavy atom. The molecule has 19 heavy (non-hydrogen) atoms. The van der Waals surface area contributed by atoms with E-state index in [0.717, 1.165) is 19.3 Å². The van der Waals surface area contributed by atoms with E-state index in [1.54, 1.807) is 7.11 Å². The topological polar surface area (TPSA) is 70.8 Å². The van der Waals surface area contributed by atoms with Crippen molar-refractivity contribution in [3.05, 3.63) is 0 Å². The monoisotopic (exact) mass is 271 g/mol. The van der Waals surface area contributed by atoms with Crippen LogP contribution in [0.2, 0.25) is 0 Å². The van der Waals surface area contributed by atoms with Crippen LogP contribution in [0, 0.1) is 17.8 Å². The lowest BCUT2D eigenvalue weighted by Gasteiger charge is -2.26. The number of rotatable bonds is 8. The second-order valence-corrected chi connectivity index (χ2v) is 5.56. The quantitative estimate of drug-likeness (QED) is 0.526. The SMILES string of the molecule is COCCCOCCOC(=O)C1C2CCC(C2)C1N. The van der Waals surface area contributed by atoms with Crippen molar-refractivity contribution in [2.75, 3.05) is 33.5 Å². The van der Waals surface area contributed by atoms with Crippen LogP contribution in [0.1, 0.15) is 25.7 Å². The van der Waals surface area contributed by atoms with Gasteiger partial charge in [0, 0.05) is 26.4 Å². The highest BCUT2D eigenvalue weighted by atomic mass is 16.6. The third-order valence-electron chi connectivity index (χ3n) is 4.36. The molecule has 110 valence electrons. The summed E-state index contributed by atoms with van der Waals surface area (Å²) < 4.78 is 15.5. The van der Waals surface area contributed by atoms with E-state index in [1.807, 2.05) is 0 Å². The molecule has 5 heteroatoms. The zero-order valence-electron chi connectivity index (χ0n) is 11.7. The number of carbonyl (C=O) groups is 1. The Hall–Kier alpha value is -0.650. The van der Waals surface area contributed by atoms with Crippen LogP contribution < -0.4 is 5.73 Å². The molecule has 0 aliphatic heterocycles. The number of ether oxygens (including phenoxy) is 3. The third kappa shape index (κ3) is 3.68. The summed E-state index contributed by atoms with van der Waals surface area (Å²) in [6.07, 6.45) is 4.28. The molecule has 5 nitrogen and oxygen atoms in total. The molecule has 0 aromatic carbocycles. The summed E-state index contributed by atoms with van der Waals surface area (Å²) in [7, 11) is 1.67. The zero-order chi connectivity index (χ0) is 13.7. The largest absolute Gasteiger partial charge is 0.463 e. The predicted octanol–water partition coefficient (Wildman–Crippen LogP) is 0.956. The lowest BCUT2D eigenvalue weighted by Crippen LogP contribution is -2.41. The van der Waals surface area contributed by atoms with Crippen molar-refractivity contribution in [1.82, 2.24) is 0 Å². The van der Waals surface area contributed by atoms with Crippen LogP contribution >= 0.6 is 0 Å². The fourth-order valence-electron chi connectivity index (χ4n) is 3.39. The molecular formula is C14H25NO4. The Bertz CT molecular complexity index is 295. The van der Waals surface area contributed by atoms with Crippen LogP contribution in [0.5, 0.6) is 0 Å². The van der Waals surface area contributed by atoms with Gasteiger partial charge in [-0.3, -0.25) is 4.79 Å². The summed E-state index contributed by atoms with van der Waals surface area (Å²) in [5.41, 5.74) is 6.10. The number of nitrogens with two attached hydrogens (primary N) is 1. The fourth-order valence-corrected chi connectivity index (χ4v) is 3.39. The average molecular weight is 271 g/mol. The standard InChI is InChI=1S/C14H25NO4/c1-17-5-2-6-18-7-8-19-14(16)12-10-3-4-11(9-10)13(12)15/h10-13H,2-9,15H2,1H3. The van der Waals surface area contributed by atoms with E-state index < -0.39 is 0 Å². The van der Waals surface area contributed by atoms with Gasteiger partial charge in [0.1, 0.15) is 6.61 Å². The van der Waals surface area contributed by atoms with Crippen molar-refractivity contribution in [2.24, 2.45) is 23.5 Å². The smallest absolute Gasteiger partial charge is 0.310 e. The van der Waals surface area contributed by atoms with Crippen molar-refractivity contribution in [1.29, 1.82) is 0 Å². The molecule has 2 saturated carbocycles. The number of carbonyl (C=O) groups excluding carboxylic acids is 1. The van der Waals surface area contributed by atoms with Gasteiger partial charge in [-0.2, -0.15) is 0 Å².